The highest BCUT2D eigenvalue weighted by Crippen LogP contribution is 2.27. The summed E-state index contributed by atoms with van der Waals surface area (Å²) >= 11 is 0. The molecule has 2 fully saturated rings. The average Bonchev–Trinajstić information content (AvgIpc) is 2.56. The minimum atomic E-state index is 0.914. The third-order valence-corrected chi connectivity index (χ3v) is 5.14. The van der Waals surface area contributed by atoms with Crippen molar-refractivity contribution in [2.45, 2.75) is 83.6 Å². The topological polar surface area (TPSA) is 3.24 Å². The lowest BCUT2D eigenvalue weighted by atomic mass is 9.86. The molecule has 2 saturated carbocycles. The van der Waals surface area contributed by atoms with E-state index in [2.05, 4.69) is 18.5 Å². The Morgan fingerprint density at radius 1 is 0.952 bits per heavy atom. The van der Waals surface area contributed by atoms with Crippen LogP contribution in [-0.2, 0) is 0 Å². The van der Waals surface area contributed by atoms with Gasteiger partial charge in [-0.1, -0.05) is 76.2 Å². The predicted molar refractivity (Wildman–Crippen MR) is 95.7 cm³/mol. The molecule has 1 nitrogen and oxygen atoms in total. The van der Waals surface area contributed by atoms with Crippen LogP contribution >= 0.6 is 0 Å². The Hall–Kier alpha value is -0.560. The van der Waals surface area contributed by atoms with E-state index in [-0.39, 0.29) is 0 Å². The summed E-state index contributed by atoms with van der Waals surface area (Å²) in [6.45, 7) is 6.78. The zero-order valence-corrected chi connectivity index (χ0v) is 14.5. The van der Waals surface area contributed by atoms with E-state index in [1.54, 1.807) is 6.08 Å². The molecule has 0 spiro atoms. The van der Waals surface area contributed by atoms with Gasteiger partial charge in [0.05, 0.1) is 0 Å². The molecule has 0 unspecified atom stereocenters. The summed E-state index contributed by atoms with van der Waals surface area (Å²) in [6.07, 6.45) is 21.9. The van der Waals surface area contributed by atoms with Crippen molar-refractivity contribution in [1.29, 1.82) is 0 Å². The molecule has 21 heavy (non-hydrogen) atoms. The predicted octanol–water partition coefficient (Wildman–Crippen LogP) is 5.97. The molecule has 2 rings (SSSR count). The molecule has 0 amide bonds. The minimum absolute atomic E-state index is 0.914. The van der Waals surface area contributed by atoms with Gasteiger partial charge >= 0.3 is 0 Å². The Morgan fingerprint density at radius 3 is 2.00 bits per heavy atom. The SMILES string of the molecule is C=C/C=C\C.CN(CCC1CCCCC1)C1CCCCC1. The number of hydrogen-bond acceptors (Lipinski definition) is 1. The van der Waals surface area contributed by atoms with Gasteiger partial charge in [-0.15, -0.1) is 0 Å². The molecule has 0 aromatic carbocycles. The van der Waals surface area contributed by atoms with Crippen molar-refractivity contribution in [3.05, 3.63) is 24.8 Å². The molecular weight excluding hydrogens is 254 g/mol. The molecule has 0 aliphatic heterocycles. The molecule has 122 valence electrons. The molecule has 1 heteroatoms. The Bertz CT molecular complexity index is 270. The normalized spacial score (nSPS) is 21.3. The largest absolute Gasteiger partial charge is 0.303 e. The molecule has 0 heterocycles. The molecule has 0 aromatic rings. The van der Waals surface area contributed by atoms with Crippen LogP contribution in [0.1, 0.15) is 77.6 Å². The van der Waals surface area contributed by atoms with Crippen molar-refractivity contribution >= 4 is 0 Å². The van der Waals surface area contributed by atoms with Crippen LogP contribution < -0.4 is 0 Å². The van der Waals surface area contributed by atoms with Crippen molar-refractivity contribution in [2.75, 3.05) is 13.6 Å². The second-order valence-corrected chi connectivity index (χ2v) is 6.83. The third-order valence-electron chi connectivity index (χ3n) is 5.14. The lowest BCUT2D eigenvalue weighted by Crippen LogP contribution is -2.35. The fourth-order valence-electron chi connectivity index (χ4n) is 3.70. The lowest BCUT2D eigenvalue weighted by molar-refractivity contribution is 0.173. The number of nitrogens with zero attached hydrogens (tertiary/aromatic N) is 1. The van der Waals surface area contributed by atoms with E-state index in [9.17, 15) is 0 Å². The third kappa shape index (κ3) is 8.46. The van der Waals surface area contributed by atoms with Crippen molar-refractivity contribution in [3.63, 3.8) is 0 Å². The van der Waals surface area contributed by atoms with Crippen molar-refractivity contribution in [3.8, 4) is 0 Å². The van der Waals surface area contributed by atoms with Gasteiger partial charge in [0.25, 0.3) is 0 Å². The summed E-state index contributed by atoms with van der Waals surface area (Å²) in [5, 5.41) is 0. The zero-order chi connectivity index (χ0) is 15.3. The molecule has 0 aromatic heterocycles. The highest BCUT2D eigenvalue weighted by Gasteiger charge is 2.19. The molecule has 2 aliphatic carbocycles. The Balaban J connectivity index is 0.000000383. The Kier molecular flexibility index (Phi) is 10.6. The monoisotopic (exact) mass is 291 g/mol. The second kappa shape index (κ2) is 12.0. The molecule has 0 atom stereocenters. The van der Waals surface area contributed by atoms with Crippen molar-refractivity contribution in [1.82, 2.24) is 4.90 Å². The molecule has 0 N–H and O–H groups in total. The quantitative estimate of drug-likeness (QED) is 0.564. The van der Waals surface area contributed by atoms with Crippen LogP contribution in [0.15, 0.2) is 24.8 Å². The standard InChI is InChI=1S/C15H29N.C5H8/c1-16(15-10-6-3-7-11-15)13-12-14-8-4-2-5-9-14;1-3-5-4-2/h14-15H,2-13H2,1H3;3-5H,1H2,2H3/b;5-4-. The first-order valence-electron chi connectivity index (χ1n) is 9.22. The number of allylic oxidation sites excluding steroid dienone is 3. The zero-order valence-electron chi connectivity index (χ0n) is 14.5. The molecule has 2 aliphatic rings. The average molecular weight is 292 g/mol. The van der Waals surface area contributed by atoms with E-state index in [1.807, 2.05) is 19.1 Å². The van der Waals surface area contributed by atoms with Gasteiger partial charge in [0, 0.05) is 6.04 Å². The van der Waals surface area contributed by atoms with Crippen molar-refractivity contribution < 1.29 is 0 Å². The highest BCUT2D eigenvalue weighted by atomic mass is 15.1. The first-order valence-corrected chi connectivity index (χ1v) is 9.22. The van der Waals surface area contributed by atoms with Gasteiger partial charge in [0.15, 0.2) is 0 Å². The van der Waals surface area contributed by atoms with Crippen LogP contribution in [0.2, 0.25) is 0 Å². The van der Waals surface area contributed by atoms with E-state index in [0.717, 1.165) is 12.0 Å². The maximum atomic E-state index is 3.46. The summed E-state index contributed by atoms with van der Waals surface area (Å²) in [5.74, 6) is 1.06. The fraction of sp³-hybridized carbons (Fsp3) is 0.800. The van der Waals surface area contributed by atoms with E-state index in [0.29, 0.717) is 0 Å². The molecule has 0 bridgehead atoms. The number of rotatable bonds is 5. The molecular formula is C20H37N. The van der Waals surface area contributed by atoms with Gasteiger partial charge in [-0.2, -0.15) is 0 Å². The minimum Gasteiger partial charge on any atom is -0.303 e. The Morgan fingerprint density at radius 2 is 1.52 bits per heavy atom. The van der Waals surface area contributed by atoms with Crippen LogP contribution in [0.3, 0.4) is 0 Å². The van der Waals surface area contributed by atoms with Gasteiger partial charge in [0.1, 0.15) is 0 Å². The van der Waals surface area contributed by atoms with Gasteiger partial charge in [-0.05, 0) is 45.7 Å². The van der Waals surface area contributed by atoms with Gasteiger partial charge in [-0.3, -0.25) is 0 Å². The summed E-state index contributed by atoms with van der Waals surface area (Å²) in [6, 6.07) is 0.914. The molecule has 0 radical (unpaired) electrons. The van der Waals surface area contributed by atoms with E-state index in [4.69, 9.17) is 0 Å². The number of hydrogen-bond donors (Lipinski definition) is 0. The van der Waals surface area contributed by atoms with Crippen LogP contribution in [0, 0.1) is 5.92 Å². The summed E-state index contributed by atoms with van der Waals surface area (Å²) in [7, 11) is 2.36. The summed E-state index contributed by atoms with van der Waals surface area (Å²) in [5.41, 5.74) is 0. The van der Waals surface area contributed by atoms with Crippen molar-refractivity contribution in [2.24, 2.45) is 5.92 Å². The second-order valence-electron chi connectivity index (χ2n) is 6.83. The first kappa shape index (κ1) is 18.5. The van der Waals surface area contributed by atoms with E-state index in [1.165, 1.54) is 77.2 Å². The fourth-order valence-corrected chi connectivity index (χ4v) is 3.70. The first-order chi connectivity index (χ1) is 10.3. The van der Waals surface area contributed by atoms with Crippen LogP contribution in [0.4, 0.5) is 0 Å². The maximum Gasteiger partial charge on any atom is 0.00922 e. The Labute approximate surface area is 133 Å². The maximum absolute atomic E-state index is 3.46. The lowest BCUT2D eigenvalue weighted by Gasteiger charge is -2.32. The van der Waals surface area contributed by atoms with Crippen LogP contribution in [-0.4, -0.2) is 24.5 Å². The smallest absolute Gasteiger partial charge is 0.00922 e. The van der Waals surface area contributed by atoms with Gasteiger partial charge < -0.3 is 4.90 Å². The van der Waals surface area contributed by atoms with Gasteiger partial charge in [0.2, 0.25) is 0 Å². The molecule has 0 saturated heterocycles. The highest BCUT2D eigenvalue weighted by molar-refractivity contribution is 4.94. The van der Waals surface area contributed by atoms with Gasteiger partial charge in [-0.25, -0.2) is 0 Å². The summed E-state index contributed by atoms with van der Waals surface area (Å²) in [4.78, 5) is 2.66. The summed E-state index contributed by atoms with van der Waals surface area (Å²) < 4.78 is 0. The van der Waals surface area contributed by atoms with E-state index < -0.39 is 0 Å². The van der Waals surface area contributed by atoms with E-state index >= 15 is 0 Å². The van der Waals surface area contributed by atoms with Crippen LogP contribution in [0.5, 0.6) is 0 Å². The van der Waals surface area contributed by atoms with Crippen LogP contribution in [0.25, 0.3) is 0 Å².